The lowest BCUT2D eigenvalue weighted by atomic mass is 10.2. The number of benzene rings is 2. The predicted molar refractivity (Wildman–Crippen MR) is 129 cm³/mol. The van der Waals surface area contributed by atoms with Crippen LogP contribution in [0.25, 0.3) is 16.9 Å². The maximum Gasteiger partial charge on any atom is 0.322 e. The molecule has 2 amide bonds. The number of nitrogens with zero attached hydrogens (tertiary/aromatic N) is 5. The van der Waals surface area contributed by atoms with Crippen LogP contribution in [0.5, 0.6) is 0 Å². The Labute approximate surface area is 204 Å². The number of anilines is 2. The summed E-state index contributed by atoms with van der Waals surface area (Å²) in [4.78, 5) is 43.4. The fourth-order valence-electron chi connectivity index (χ4n) is 3.53. The van der Waals surface area contributed by atoms with E-state index in [0.717, 1.165) is 24.1 Å². The third-order valence-electron chi connectivity index (χ3n) is 5.57. The van der Waals surface area contributed by atoms with Gasteiger partial charge >= 0.3 is 5.97 Å². The van der Waals surface area contributed by atoms with Gasteiger partial charge in [-0.3, -0.25) is 14.4 Å². The van der Waals surface area contributed by atoms with Crippen molar-refractivity contribution in [3.05, 3.63) is 65.9 Å². The van der Waals surface area contributed by atoms with Crippen LogP contribution >= 0.6 is 0 Å². The summed E-state index contributed by atoms with van der Waals surface area (Å²) in [5.41, 5.74) is 3.65. The van der Waals surface area contributed by atoms with Gasteiger partial charge in [0.1, 0.15) is 6.54 Å². The minimum atomic E-state index is -1.12. The molecule has 4 aromatic rings. The van der Waals surface area contributed by atoms with E-state index >= 15 is 0 Å². The van der Waals surface area contributed by atoms with Crippen molar-refractivity contribution in [3.63, 3.8) is 0 Å². The van der Waals surface area contributed by atoms with Crippen molar-refractivity contribution in [2.24, 2.45) is 5.92 Å². The molecule has 36 heavy (non-hydrogen) atoms. The lowest BCUT2D eigenvalue weighted by molar-refractivity contribution is -0.135. The quantitative estimate of drug-likeness (QED) is 0.276. The number of carbonyl (C=O) groups excluding carboxylic acids is 2. The Kier molecular flexibility index (Phi) is 6.22. The summed E-state index contributed by atoms with van der Waals surface area (Å²) < 4.78 is 1.60. The molecule has 182 valence electrons. The van der Waals surface area contributed by atoms with Crippen molar-refractivity contribution in [2.75, 3.05) is 11.9 Å². The van der Waals surface area contributed by atoms with E-state index in [0.29, 0.717) is 34.9 Å². The molecule has 1 aliphatic carbocycles. The van der Waals surface area contributed by atoms with Crippen molar-refractivity contribution < 1.29 is 19.5 Å². The minimum absolute atomic E-state index is 0.0870. The first-order valence-electron chi connectivity index (χ1n) is 11.3. The SMILES string of the molecule is O=C(O)CNC(=O)c1ccc(Nc2ncc3nnn(-c4cccc(CNC(=O)C5CC5)c4)c3n2)cc1. The summed E-state index contributed by atoms with van der Waals surface area (Å²) in [5.74, 6) is -1.05. The zero-order valence-electron chi connectivity index (χ0n) is 19.0. The highest BCUT2D eigenvalue weighted by atomic mass is 16.4. The van der Waals surface area contributed by atoms with Crippen LogP contribution in [0.15, 0.2) is 54.7 Å². The summed E-state index contributed by atoms with van der Waals surface area (Å²) in [6.45, 7) is -0.0195. The number of fused-ring (bicyclic) bond motifs is 1. The number of aliphatic carboxylic acids is 1. The lowest BCUT2D eigenvalue weighted by Crippen LogP contribution is -2.29. The number of carboxylic acid groups (broad SMARTS) is 1. The summed E-state index contributed by atoms with van der Waals surface area (Å²) in [6, 6.07) is 14.1. The second-order valence-electron chi connectivity index (χ2n) is 8.34. The molecule has 2 heterocycles. The van der Waals surface area contributed by atoms with Crippen LogP contribution in [-0.2, 0) is 16.1 Å². The van der Waals surface area contributed by atoms with Gasteiger partial charge in [0.15, 0.2) is 11.2 Å². The van der Waals surface area contributed by atoms with Gasteiger partial charge in [0.25, 0.3) is 5.91 Å². The van der Waals surface area contributed by atoms with Gasteiger partial charge in [0.2, 0.25) is 11.9 Å². The zero-order chi connectivity index (χ0) is 25.1. The molecule has 1 aliphatic rings. The molecular formula is C24H22N8O4. The summed E-state index contributed by atoms with van der Waals surface area (Å²) in [5, 5.41) is 25.4. The van der Waals surface area contributed by atoms with Crippen molar-refractivity contribution in [1.82, 2.24) is 35.6 Å². The Hall–Kier alpha value is -4.87. The number of hydrogen-bond acceptors (Lipinski definition) is 8. The topological polar surface area (TPSA) is 164 Å². The fourth-order valence-corrected chi connectivity index (χ4v) is 3.53. The third kappa shape index (κ3) is 5.27. The first-order valence-corrected chi connectivity index (χ1v) is 11.3. The van der Waals surface area contributed by atoms with E-state index in [4.69, 9.17) is 5.11 Å². The third-order valence-corrected chi connectivity index (χ3v) is 5.57. The molecule has 2 aromatic carbocycles. The number of amides is 2. The first-order chi connectivity index (χ1) is 17.5. The average molecular weight is 486 g/mol. The van der Waals surface area contributed by atoms with E-state index in [2.05, 4.69) is 36.2 Å². The van der Waals surface area contributed by atoms with Crippen LogP contribution in [-0.4, -0.2) is 54.4 Å². The highest BCUT2D eigenvalue weighted by Gasteiger charge is 2.29. The van der Waals surface area contributed by atoms with Gasteiger partial charge in [0.05, 0.1) is 11.9 Å². The van der Waals surface area contributed by atoms with Crippen LogP contribution in [0.2, 0.25) is 0 Å². The number of carboxylic acids is 1. The van der Waals surface area contributed by atoms with Crippen LogP contribution in [0, 0.1) is 5.92 Å². The molecule has 0 atom stereocenters. The van der Waals surface area contributed by atoms with Crippen LogP contribution < -0.4 is 16.0 Å². The maximum absolute atomic E-state index is 12.0. The zero-order valence-corrected chi connectivity index (χ0v) is 19.0. The van der Waals surface area contributed by atoms with Crippen molar-refractivity contribution in [2.45, 2.75) is 19.4 Å². The molecule has 12 heteroatoms. The molecule has 4 N–H and O–H groups in total. The highest BCUT2D eigenvalue weighted by Crippen LogP contribution is 2.28. The largest absolute Gasteiger partial charge is 0.480 e. The number of aromatic nitrogens is 5. The second kappa shape index (κ2) is 9.78. The summed E-state index contributed by atoms with van der Waals surface area (Å²) in [6.07, 6.45) is 3.47. The Balaban J connectivity index is 1.31. The monoisotopic (exact) mass is 486 g/mol. The van der Waals surface area contributed by atoms with E-state index in [1.807, 2.05) is 24.3 Å². The van der Waals surface area contributed by atoms with E-state index in [-0.39, 0.29) is 11.8 Å². The van der Waals surface area contributed by atoms with Crippen molar-refractivity contribution in [1.29, 1.82) is 0 Å². The molecule has 1 saturated carbocycles. The van der Waals surface area contributed by atoms with Gasteiger partial charge in [-0.1, -0.05) is 17.3 Å². The van der Waals surface area contributed by atoms with Crippen LogP contribution in [0.3, 0.4) is 0 Å². The number of hydrogen-bond donors (Lipinski definition) is 4. The van der Waals surface area contributed by atoms with Crippen LogP contribution in [0.1, 0.15) is 28.8 Å². The van der Waals surface area contributed by atoms with E-state index < -0.39 is 18.4 Å². The number of rotatable bonds is 9. The second-order valence-corrected chi connectivity index (χ2v) is 8.34. The van der Waals surface area contributed by atoms with E-state index in [9.17, 15) is 14.4 Å². The van der Waals surface area contributed by atoms with Gasteiger partial charge in [-0.15, -0.1) is 5.10 Å². The molecule has 1 fully saturated rings. The summed E-state index contributed by atoms with van der Waals surface area (Å²) in [7, 11) is 0. The molecule has 0 bridgehead atoms. The Morgan fingerprint density at radius 3 is 2.61 bits per heavy atom. The Morgan fingerprint density at radius 1 is 1.06 bits per heavy atom. The molecule has 0 saturated heterocycles. The van der Waals surface area contributed by atoms with Crippen molar-refractivity contribution >= 4 is 40.6 Å². The van der Waals surface area contributed by atoms with Gasteiger partial charge < -0.3 is 21.1 Å². The normalized spacial score (nSPS) is 12.8. The molecule has 2 aromatic heterocycles. The number of carbonyl (C=O) groups is 3. The molecular weight excluding hydrogens is 464 g/mol. The van der Waals surface area contributed by atoms with Gasteiger partial charge in [0, 0.05) is 23.7 Å². The number of nitrogens with one attached hydrogen (secondary N) is 3. The highest BCUT2D eigenvalue weighted by molar-refractivity contribution is 5.96. The maximum atomic E-state index is 12.0. The van der Waals surface area contributed by atoms with Crippen LogP contribution in [0.4, 0.5) is 11.6 Å². The fraction of sp³-hybridized carbons (Fsp3) is 0.208. The molecule has 0 aliphatic heterocycles. The standard InChI is InChI=1S/C24H22N8O4/c33-20(34)13-26-23(36)16-6-8-17(9-7-16)28-24-27-12-19-21(29-24)32(31-30-19)18-3-1-2-14(10-18)11-25-22(35)15-4-5-15/h1-3,6-10,12,15H,4-5,11,13H2,(H,25,35)(H,26,36)(H,33,34)(H,27,28,29). The average Bonchev–Trinajstić information content (AvgIpc) is 3.66. The minimum Gasteiger partial charge on any atom is -0.480 e. The van der Waals surface area contributed by atoms with Crippen molar-refractivity contribution in [3.8, 4) is 5.69 Å². The van der Waals surface area contributed by atoms with Gasteiger partial charge in [-0.25, -0.2) is 4.98 Å². The smallest absolute Gasteiger partial charge is 0.322 e. The molecule has 0 radical (unpaired) electrons. The predicted octanol–water partition coefficient (Wildman–Crippen LogP) is 1.79. The molecule has 5 rings (SSSR count). The van der Waals surface area contributed by atoms with E-state index in [1.165, 1.54) is 0 Å². The summed E-state index contributed by atoms with van der Waals surface area (Å²) >= 11 is 0. The molecule has 12 nitrogen and oxygen atoms in total. The molecule has 0 spiro atoms. The van der Waals surface area contributed by atoms with Gasteiger partial charge in [-0.2, -0.15) is 9.67 Å². The lowest BCUT2D eigenvalue weighted by Gasteiger charge is -2.08. The van der Waals surface area contributed by atoms with E-state index in [1.54, 1.807) is 35.1 Å². The Morgan fingerprint density at radius 2 is 1.86 bits per heavy atom. The van der Waals surface area contributed by atoms with Gasteiger partial charge in [-0.05, 0) is 54.8 Å². The molecule has 0 unspecified atom stereocenters. The Bertz CT molecular complexity index is 1450. The first kappa shape index (κ1) is 22.9.